The number of pyridine rings is 1. The summed E-state index contributed by atoms with van der Waals surface area (Å²) < 4.78 is 0. The van der Waals surface area contributed by atoms with Gasteiger partial charge < -0.3 is 10.4 Å². The molecule has 1 fully saturated rings. The van der Waals surface area contributed by atoms with Crippen LogP contribution in [-0.4, -0.2) is 40.7 Å². The Kier molecular flexibility index (Phi) is 6.27. The lowest BCUT2D eigenvalue weighted by atomic mass is 10.1. The lowest BCUT2D eigenvalue weighted by molar-refractivity contribution is 0.118. The molecule has 112 valence electrons. The third-order valence-electron chi connectivity index (χ3n) is 4.02. The van der Waals surface area contributed by atoms with Crippen molar-refractivity contribution in [3.05, 3.63) is 23.9 Å². The van der Waals surface area contributed by atoms with Crippen LogP contribution in [0.3, 0.4) is 0 Å². The number of hydrogen-bond acceptors (Lipinski definition) is 4. The molecule has 0 saturated carbocycles. The molecule has 1 unspecified atom stereocenters. The number of aromatic nitrogens is 1. The summed E-state index contributed by atoms with van der Waals surface area (Å²) in [6.07, 6.45) is 7.78. The van der Waals surface area contributed by atoms with E-state index in [1.165, 1.54) is 24.8 Å². The Labute approximate surface area is 122 Å². The minimum Gasteiger partial charge on any atom is -0.395 e. The van der Waals surface area contributed by atoms with Crippen LogP contribution in [-0.2, 0) is 6.54 Å². The van der Waals surface area contributed by atoms with E-state index in [2.05, 4.69) is 28.2 Å². The number of likely N-dealkylation sites (tertiary alicyclic amines) is 1. The zero-order valence-electron chi connectivity index (χ0n) is 12.5. The molecule has 1 aliphatic heterocycles. The van der Waals surface area contributed by atoms with E-state index >= 15 is 0 Å². The van der Waals surface area contributed by atoms with Gasteiger partial charge in [-0.3, -0.25) is 4.90 Å². The van der Waals surface area contributed by atoms with Crippen molar-refractivity contribution in [1.82, 2.24) is 9.88 Å². The maximum Gasteiger partial charge on any atom is 0.130 e. The Bertz CT molecular complexity index is 397. The van der Waals surface area contributed by atoms with Crippen LogP contribution in [0.1, 0.15) is 44.6 Å². The predicted octanol–water partition coefficient (Wildman–Crippen LogP) is 2.64. The molecule has 0 spiro atoms. The second-order valence-electron chi connectivity index (χ2n) is 5.59. The first-order chi connectivity index (χ1) is 9.85. The van der Waals surface area contributed by atoms with Crippen molar-refractivity contribution >= 4 is 5.82 Å². The lowest BCUT2D eigenvalue weighted by Gasteiger charge is -2.29. The maximum absolute atomic E-state index is 9.60. The molecule has 2 rings (SSSR count). The van der Waals surface area contributed by atoms with Crippen LogP contribution in [0.25, 0.3) is 0 Å². The van der Waals surface area contributed by atoms with E-state index in [4.69, 9.17) is 0 Å². The SMILES string of the molecule is CCCNc1ncccc1CN1CCCCCC1CO. The molecule has 1 aromatic rings. The topological polar surface area (TPSA) is 48.4 Å². The van der Waals surface area contributed by atoms with Crippen LogP contribution in [0.4, 0.5) is 5.82 Å². The smallest absolute Gasteiger partial charge is 0.130 e. The molecule has 1 aliphatic rings. The largest absolute Gasteiger partial charge is 0.395 e. The first-order valence-corrected chi connectivity index (χ1v) is 7.87. The van der Waals surface area contributed by atoms with Gasteiger partial charge in [-0.15, -0.1) is 0 Å². The van der Waals surface area contributed by atoms with Crippen LogP contribution in [0.5, 0.6) is 0 Å². The van der Waals surface area contributed by atoms with Crippen molar-refractivity contribution in [2.24, 2.45) is 0 Å². The van der Waals surface area contributed by atoms with Crippen molar-refractivity contribution in [2.75, 3.05) is 25.0 Å². The number of rotatable bonds is 6. The number of aliphatic hydroxyl groups excluding tert-OH is 1. The van der Waals surface area contributed by atoms with Crippen molar-refractivity contribution in [3.8, 4) is 0 Å². The Hall–Kier alpha value is -1.13. The predicted molar refractivity (Wildman–Crippen MR) is 82.8 cm³/mol. The average molecular weight is 277 g/mol. The maximum atomic E-state index is 9.60. The van der Waals surface area contributed by atoms with E-state index < -0.39 is 0 Å². The third-order valence-corrected chi connectivity index (χ3v) is 4.02. The van der Waals surface area contributed by atoms with E-state index in [1.807, 2.05) is 12.3 Å². The molecular formula is C16H27N3O. The zero-order valence-corrected chi connectivity index (χ0v) is 12.5. The highest BCUT2D eigenvalue weighted by Gasteiger charge is 2.21. The van der Waals surface area contributed by atoms with Gasteiger partial charge in [0.25, 0.3) is 0 Å². The summed E-state index contributed by atoms with van der Waals surface area (Å²) in [5.41, 5.74) is 1.24. The highest BCUT2D eigenvalue weighted by molar-refractivity contribution is 5.43. The highest BCUT2D eigenvalue weighted by Crippen LogP contribution is 2.21. The monoisotopic (exact) mass is 277 g/mol. The van der Waals surface area contributed by atoms with Crippen LogP contribution in [0.15, 0.2) is 18.3 Å². The molecule has 20 heavy (non-hydrogen) atoms. The highest BCUT2D eigenvalue weighted by atomic mass is 16.3. The third kappa shape index (κ3) is 4.18. The number of aliphatic hydroxyl groups is 1. The van der Waals surface area contributed by atoms with Crippen molar-refractivity contribution in [1.29, 1.82) is 0 Å². The van der Waals surface area contributed by atoms with E-state index in [1.54, 1.807) is 0 Å². The van der Waals surface area contributed by atoms with E-state index in [0.29, 0.717) is 6.04 Å². The summed E-state index contributed by atoms with van der Waals surface area (Å²) in [4.78, 5) is 6.87. The Morgan fingerprint density at radius 3 is 3.10 bits per heavy atom. The van der Waals surface area contributed by atoms with Gasteiger partial charge in [0.2, 0.25) is 0 Å². The summed E-state index contributed by atoms with van der Waals surface area (Å²) >= 11 is 0. The first kappa shape index (κ1) is 15.3. The van der Waals surface area contributed by atoms with Gasteiger partial charge in [-0.05, 0) is 31.9 Å². The molecule has 2 N–H and O–H groups in total. The fraction of sp³-hybridized carbons (Fsp3) is 0.688. The van der Waals surface area contributed by atoms with Gasteiger partial charge in [0, 0.05) is 30.9 Å². The zero-order chi connectivity index (χ0) is 14.2. The number of anilines is 1. The summed E-state index contributed by atoms with van der Waals surface area (Å²) in [7, 11) is 0. The minimum absolute atomic E-state index is 0.262. The van der Waals surface area contributed by atoms with Gasteiger partial charge in [0.05, 0.1) is 6.61 Å². The molecule has 4 nitrogen and oxygen atoms in total. The first-order valence-electron chi connectivity index (χ1n) is 7.87. The summed E-state index contributed by atoms with van der Waals surface area (Å²) in [5.74, 6) is 0.996. The van der Waals surface area contributed by atoms with Gasteiger partial charge >= 0.3 is 0 Å². The van der Waals surface area contributed by atoms with Crippen LogP contribution >= 0.6 is 0 Å². The molecular weight excluding hydrogens is 250 g/mol. The Balaban J connectivity index is 2.06. The summed E-state index contributed by atoms with van der Waals surface area (Å²) in [6, 6.07) is 4.44. The molecule has 0 aromatic carbocycles. The quantitative estimate of drug-likeness (QED) is 0.839. The van der Waals surface area contributed by atoms with E-state index in [9.17, 15) is 5.11 Å². The molecule has 0 amide bonds. The lowest BCUT2D eigenvalue weighted by Crippen LogP contribution is -2.37. The van der Waals surface area contributed by atoms with E-state index in [-0.39, 0.29) is 6.61 Å². The van der Waals surface area contributed by atoms with Crippen molar-refractivity contribution < 1.29 is 5.11 Å². The number of hydrogen-bond donors (Lipinski definition) is 2. The molecule has 0 bridgehead atoms. The Morgan fingerprint density at radius 1 is 1.40 bits per heavy atom. The fourth-order valence-electron chi connectivity index (χ4n) is 2.84. The molecule has 1 saturated heterocycles. The molecule has 1 atom stereocenters. The molecule has 0 radical (unpaired) electrons. The van der Waals surface area contributed by atoms with Crippen molar-refractivity contribution in [3.63, 3.8) is 0 Å². The van der Waals surface area contributed by atoms with E-state index in [0.717, 1.165) is 38.3 Å². The van der Waals surface area contributed by atoms with Gasteiger partial charge in [-0.25, -0.2) is 4.98 Å². The van der Waals surface area contributed by atoms with Crippen LogP contribution in [0.2, 0.25) is 0 Å². The molecule has 0 aliphatic carbocycles. The van der Waals surface area contributed by atoms with Gasteiger partial charge in [0.15, 0.2) is 0 Å². The molecule has 4 heteroatoms. The normalized spacial score (nSPS) is 20.6. The molecule has 1 aromatic heterocycles. The second-order valence-corrected chi connectivity index (χ2v) is 5.59. The van der Waals surface area contributed by atoms with Gasteiger partial charge in [-0.2, -0.15) is 0 Å². The summed E-state index contributed by atoms with van der Waals surface area (Å²) in [6.45, 7) is 5.33. The van der Waals surface area contributed by atoms with Crippen molar-refractivity contribution in [2.45, 2.75) is 51.6 Å². The van der Waals surface area contributed by atoms with Gasteiger partial charge in [-0.1, -0.05) is 25.8 Å². The van der Waals surface area contributed by atoms with Crippen LogP contribution < -0.4 is 5.32 Å². The van der Waals surface area contributed by atoms with Crippen LogP contribution in [0, 0.1) is 0 Å². The Morgan fingerprint density at radius 2 is 2.30 bits per heavy atom. The summed E-state index contributed by atoms with van der Waals surface area (Å²) in [5, 5.41) is 13.0. The minimum atomic E-state index is 0.262. The van der Waals surface area contributed by atoms with Gasteiger partial charge in [0.1, 0.15) is 5.82 Å². The fourth-order valence-corrected chi connectivity index (χ4v) is 2.84. The number of nitrogens with zero attached hydrogens (tertiary/aromatic N) is 2. The average Bonchev–Trinajstić information content (AvgIpc) is 2.71. The standard InChI is InChI=1S/C16H27N3O/c1-2-9-17-16-14(7-6-10-18-16)12-19-11-5-3-4-8-15(19)13-20/h6-7,10,15,20H,2-5,8-9,11-13H2,1H3,(H,17,18). The second kappa shape index (κ2) is 8.22. The number of nitrogens with one attached hydrogen (secondary N) is 1. The molecule has 2 heterocycles.